The SMILES string of the molecule is COCCOCCNCc1cccc(Br)c1. The molecule has 90 valence electrons. The zero-order valence-corrected chi connectivity index (χ0v) is 11.1. The second-order valence-electron chi connectivity index (χ2n) is 3.41. The molecule has 1 aromatic rings. The van der Waals surface area contributed by atoms with Gasteiger partial charge in [0, 0.05) is 24.7 Å². The van der Waals surface area contributed by atoms with Crippen molar-refractivity contribution < 1.29 is 9.47 Å². The maximum Gasteiger partial charge on any atom is 0.0700 e. The number of methoxy groups -OCH3 is 1. The molecule has 1 rings (SSSR count). The van der Waals surface area contributed by atoms with Gasteiger partial charge in [-0.25, -0.2) is 0 Å². The average molecular weight is 288 g/mol. The molecule has 0 saturated heterocycles. The van der Waals surface area contributed by atoms with Gasteiger partial charge < -0.3 is 14.8 Å². The highest BCUT2D eigenvalue weighted by Crippen LogP contribution is 2.10. The van der Waals surface area contributed by atoms with Gasteiger partial charge in [0.05, 0.1) is 19.8 Å². The van der Waals surface area contributed by atoms with Crippen molar-refractivity contribution in [1.82, 2.24) is 5.32 Å². The van der Waals surface area contributed by atoms with Crippen molar-refractivity contribution >= 4 is 15.9 Å². The minimum atomic E-state index is 0.658. The molecule has 16 heavy (non-hydrogen) atoms. The summed E-state index contributed by atoms with van der Waals surface area (Å²) in [6, 6.07) is 8.27. The van der Waals surface area contributed by atoms with Gasteiger partial charge in [-0.2, -0.15) is 0 Å². The number of hydrogen-bond donors (Lipinski definition) is 1. The highest BCUT2D eigenvalue weighted by molar-refractivity contribution is 9.10. The molecule has 0 aromatic heterocycles. The monoisotopic (exact) mass is 287 g/mol. The third-order valence-corrected chi connectivity index (χ3v) is 2.57. The fraction of sp³-hybridized carbons (Fsp3) is 0.500. The lowest BCUT2D eigenvalue weighted by Gasteiger charge is -2.06. The smallest absolute Gasteiger partial charge is 0.0700 e. The zero-order valence-electron chi connectivity index (χ0n) is 9.54. The number of benzene rings is 1. The lowest BCUT2D eigenvalue weighted by molar-refractivity contribution is 0.0719. The van der Waals surface area contributed by atoms with Gasteiger partial charge in [0.25, 0.3) is 0 Å². The molecule has 0 bridgehead atoms. The summed E-state index contributed by atoms with van der Waals surface area (Å²) >= 11 is 3.45. The number of ether oxygens (including phenoxy) is 2. The second-order valence-corrected chi connectivity index (χ2v) is 4.33. The topological polar surface area (TPSA) is 30.5 Å². The highest BCUT2D eigenvalue weighted by atomic mass is 79.9. The van der Waals surface area contributed by atoms with Crippen LogP contribution in [0.15, 0.2) is 28.7 Å². The average Bonchev–Trinajstić information content (AvgIpc) is 2.28. The van der Waals surface area contributed by atoms with Gasteiger partial charge in [-0.15, -0.1) is 0 Å². The van der Waals surface area contributed by atoms with Gasteiger partial charge in [-0.1, -0.05) is 28.1 Å². The normalized spacial score (nSPS) is 10.6. The molecule has 0 unspecified atom stereocenters. The molecule has 0 amide bonds. The van der Waals surface area contributed by atoms with E-state index >= 15 is 0 Å². The van der Waals surface area contributed by atoms with Crippen LogP contribution in [0.5, 0.6) is 0 Å². The van der Waals surface area contributed by atoms with Gasteiger partial charge >= 0.3 is 0 Å². The van der Waals surface area contributed by atoms with Crippen LogP contribution in [0, 0.1) is 0 Å². The summed E-state index contributed by atoms with van der Waals surface area (Å²) in [6.45, 7) is 3.77. The van der Waals surface area contributed by atoms with E-state index in [9.17, 15) is 0 Å². The number of nitrogens with one attached hydrogen (secondary N) is 1. The third-order valence-electron chi connectivity index (χ3n) is 2.07. The summed E-state index contributed by atoms with van der Waals surface area (Å²) in [7, 11) is 1.68. The minimum absolute atomic E-state index is 0.658. The summed E-state index contributed by atoms with van der Waals surface area (Å²) in [6.07, 6.45) is 0. The molecule has 1 aromatic carbocycles. The lowest BCUT2D eigenvalue weighted by Crippen LogP contribution is -2.20. The van der Waals surface area contributed by atoms with Crippen molar-refractivity contribution in [2.24, 2.45) is 0 Å². The van der Waals surface area contributed by atoms with Crippen molar-refractivity contribution in [1.29, 1.82) is 0 Å². The summed E-state index contributed by atoms with van der Waals surface area (Å²) in [5.41, 5.74) is 1.27. The van der Waals surface area contributed by atoms with Crippen molar-refractivity contribution in [3.63, 3.8) is 0 Å². The van der Waals surface area contributed by atoms with Crippen molar-refractivity contribution in [3.05, 3.63) is 34.3 Å². The van der Waals surface area contributed by atoms with Crippen LogP contribution in [0.2, 0.25) is 0 Å². The molecule has 0 aliphatic rings. The minimum Gasteiger partial charge on any atom is -0.382 e. The Morgan fingerprint density at radius 2 is 2.12 bits per heavy atom. The first-order valence-corrected chi connectivity index (χ1v) is 6.14. The zero-order chi connectivity index (χ0) is 11.6. The summed E-state index contributed by atoms with van der Waals surface area (Å²) in [4.78, 5) is 0. The predicted molar refractivity (Wildman–Crippen MR) is 68.5 cm³/mol. The molecule has 0 atom stereocenters. The highest BCUT2D eigenvalue weighted by Gasteiger charge is 1.93. The van der Waals surface area contributed by atoms with E-state index in [4.69, 9.17) is 9.47 Å². The van der Waals surface area contributed by atoms with E-state index in [0.29, 0.717) is 13.2 Å². The van der Waals surface area contributed by atoms with E-state index in [1.165, 1.54) is 5.56 Å². The van der Waals surface area contributed by atoms with Crippen molar-refractivity contribution in [3.8, 4) is 0 Å². The van der Waals surface area contributed by atoms with Crippen LogP contribution in [0.3, 0.4) is 0 Å². The van der Waals surface area contributed by atoms with Crippen LogP contribution >= 0.6 is 15.9 Å². The predicted octanol–water partition coefficient (Wildman–Crippen LogP) is 2.20. The van der Waals surface area contributed by atoms with Gasteiger partial charge in [0.1, 0.15) is 0 Å². The Kier molecular flexibility index (Phi) is 7.42. The van der Waals surface area contributed by atoms with Crippen LogP contribution in [0.25, 0.3) is 0 Å². The fourth-order valence-electron chi connectivity index (χ4n) is 1.27. The molecule has 4 heteroatoms. The van der Waals surface area contributed by atoms with E-state index in [1.807, 2.05) is 12.1 Å². The summed E-state index contributed by atoms with van der Waals surface area (Å²) in [5, 5.41) is 3.32. The first kappa shape index (κ1) is 13.6. The molecular formula is C12H18BrNO2. The molecule has 0 radical (unpaired) electrons. The number of rotatable bonds is 8. The van der Waals surface area contributed by atoms with E-state index in [-0.39, 0.29) is 0 Å². The van der Waals surface area contributed by atoms with Gasteiger partial charge in [-0.3, -0.25) is 0 Å². The molecule has 0 heterocycles. The Hall–Kier alpha value is -0.420. The first-order chi connectivity index (χ1) is 7.83. The van der Waals surface area contributed by atoms with Crippen LogP contribution in [-0.4, -0.2) is 33.5 Å². The maximum atomic E-state index is 5.34. The Bertz CT molecular complexity index is 294. The maximum absolute atomic E-state index is 5.34. The van der Waals surface area contributed by atoms with E-state index in [0.717, 1.165) is 24.2 Å². The second kappa shape index (κ2) is 8.70. The molecule has 0 aliphatic carbocycles. The van der Waals surface area contributed by atoms with Crippen molar-refractivity contribution in [2.75, 3.05) is 33.5 Å². The van der Waals surface area contributed by atoms with Crippen LogP contribution in [-0.2, 0) is 16.0 Å². The van der Waals surface area contributed by atoms with Crippen LogP contribution in [0.4, 0.5) is 0 Å². The molecule has 0 aliphatic heterocycles. The largest absolute Gasteiger partial charge is 0.382 e. The Morgan fingerprint density at radius 1 is 1.25 bits per heavy atom. The lowest BCUT2D eigenvalue weighted by atomic mass is 10.2. The number of hydrogen-bond acceptors (Lipinski definition) is 3. The molecule has 1 N–H and O–H groups in total. The summed E-state index contributed by atoms with van der Waals surface area (Å²) < 4.78 is 11.3. The van der Waals surface area contributed by atoms with Gasteiger partial charge in [0.2, 0.25) is 0 Å². The van der Waals surface area contributed by atoms with E-state index in [2.05, 4.69) is 33.4 Å². The molecule has 3 nitrogen and oxygen atoms in total. The van der Waals surface area contributed by atoms with Crippen LogP contribution < -0.4 is 5.32 Å². The quantitative estimate of drug-likeness (QED) is 0.744. The van der Waals surface area contributed by atoms with E-state index in [1.54, 1.807) is 7.11 Å². The van der Waals surface area contributed by atoms with Crippen LogP contribution in [0.1, 0.15) is 5.56 Å². The fourth-order valence-corrected chi connectivity index (χ4v) is 1.71. The molecular weight excluding hydrogens is 270 g/mol. The molecule has 0 saturated carbocycles. The van der Waals surface area contributed by atoms with Gasteiger partial charge in [-0.05, 0) is 17.7 Å². The Balaban J connectivity index is 2.03. The van der Waals surface area contributed by atoms with E-state index < -0.39 is 0 Å². The van der Waals surface area contributed by atoms with Gasteiger partial charge in [0.15, 0.2) is 0 Å². The third kappa shape index (κ3) is 6.23. The Labute approximate surface area is 105 Å². The number of halogens is 1. The Morgan fingerprint density at radius 3 is 2.88 bits per heavy atom. The summed E-state index contributed by atoms with van der Waals surface area (Å²) in [5.74, 6) is 0. The molecule has 0 fully saturated rings. The first-order valence-electron chi connectivity index (χ1n) is 5.35. The molecule has 0 spiro atoms. The van der Waals surface area contributed by atoms with Crippen molar-refractivity contribution in [2.45, 2.75) is 6.54 Å². The standard InChI is InChI=1S/C12H18BrNO2/c1-15-7-8-16-6-5-14-10-11-3-2-4-12(13)9-11/h2-4,9,14H,5-8,10H2,1H3.